The summed E-state index contributed by atoms with van der Waals surface area (Å²) in [5, 5.41) is 0. The van der Waals surface area contributed by atoms with Gasteiger partial charge in [-0.15, -0.1) is 0 Å². The number of ether oxygens (including phenoxy) is 3. The molecule has 1 saturated carbocycles. The fourth-order valence-electron chi connectivity index (χ4n) is 2.25. The molecule has 1 heterocycles. The van der Waals surface area contributed by atoms with E-state index in [0.29, 0.717) is 12.8 Å². The van der Waals surface area contributed by atoms with Gasteiger partial charge in [0, 0.05) is 0 Å². The molecule has 0 bridgehead atoms. The SMILES string of the molecule is COC(=O)C1CC2O[C@H]2CC1C(=O)OC. The topological polar surface area (TPSA) is 65.1 Å². The van der Waals surface area contributed by atoms with E-state index in [0.717, 1.165) is 0 Å². The van der Waals surface area contributed by atoms with Crippen molar-refractivity contribution in [3.8, 4) is 0 Å². The number of esters is 2. The average Bonchev–Trinajstić information content (AvgIpc) is 3.03. The Labute approximate surface area is 87.7 Å². The highest BCUT2D eigenvalue weighted by atomic mass is 16.6. The molecule has 0 aromatic carbocycles. The Bertz CT molecular complexity index is 260. The molecular weight excluding hydrogens is 200 g/mol. The Morgan fingerprint density at radius 2 is 1.40 bits per heavy atom. The fraction of sp³-hybridized carbons (Fsp3) is 0.800. The zero-order chi connectivity index (χ0) is 11.0. The van der Waals surface area contributed by atoms with Gasteiger partial charge in [0.15, 0.2) is 0 Å². The van der Waals surface area contributed by atoms with Crippen LogP contribution in [0.4, 0.5) is 0 Å². The maximum Gasteiger partial charge on any atom is 0.309 e. The molecule has 4 atom stereocenters. The van der Waals surface area contributed by atoms with Gasteiger partial charge >= 0.3 is 11.9 Å². The van der Waals surface area contributed by atoms with Crippen LogP contribution in [-0.4, -0.2) is 38.4 Å². The molecule has 0 amide bonds. The first-order valence-corrected chi connectivity index (χ1v) is 4.98. The number of methoxy groups -OCH3 is 2. The summed E-state index contributed by atoms with van der Waals surface area (Å²) in [6, 6.07) is 0. The fourth-order valence-corrected chi connectivity index (χ4v) is 2.25. The lowest BCUT2D eigenvalue weighted by atomic mass is 9.79. The molecule has 0 aromatic heterocycles. The molecule has 1 aliphatic heterocycles. The highest BCUT2D eigenvalue weighted by Gasteiger charge is 2.53. The minimum absolute atomic E-state index is 0.134. The van der Waals surface area contributed by atoms with Crippen LogP contribution in [0.1, 0.15) is 12.8 Å². The number of rotatable bonds is 2. The third-order valence-corrected chi connectivity index (χ3v) is 3.15. The van der Waals surface area contributed by atoms with Gasteiger partial charge in [-0.3, -0.25) is 9.59 Å². The maximum absolute atomic E-state index is 11.5. The normalized spacial score (nSPS) is 37.7. The van der Waals surface area contributed by atoms with E-state index in [2.05, 4.69) is 9.47 Å². The summed E-state index contributed by atoms with van der Waals surface area (Å²) in [5.41, 5.74) is 0. The van der Waals surface area contributed by atoms with Crippen LogP contribution in [0.2, 0.25) is 0 Å². The number of epoxide rings is 1. The van der Waals surface area contributed by atoms with E-state index >= 15 is 0 Å². The number of hydrogen-bond donors (Lipinski definition) is 0. The van der Waals surface area contributed by atoms with Crippen molar-refractivity contribution in [3.63, 3.8) is 0 Å². The molecule has 5 heteroatoms. The smallest absolute Gasteiger partial charge is 0.309 e. The summed E-state index contributed by atoms with van der Waals surface area (Å²) in [5.74, 6) is -1.52. The monoisotopic (exact) mass is 214 g/mol. The van der Waals surface area contributed by atoms with Crippen LogP contribution in [0.25, 0.3) is 0 Å². The van der Waals surface area contributed by atoms with Gasteiger partial charge in [0.25, 0.3) is 0 Å². The molecule has 0 N–H and O–H groups in total. The highest BCUT2D eigenvalue weighted by Crippen LogP contribution is 2.43. The molecule has 2 fully saturated rings. The van der Waals surface area contributed by atoms with Gasteiger partial charge in [-0.05, 0) is 12.8 Å². The summed E-state index contributed by atoms with van der Waals surface area (Å²) in [6.45, 7) is 0. The predicted octanol–water partition coefficient (Wildman–Crippen LogP) is 0.126. The van der Waals surface area contributed by atoms with Crippen molar-refractivity contribution in [2.24, 2.45) is 11.8 Å². The van der Waals surface area contributed by atoms with E-state index in [1.54, 1.807) is 0 Å². The van der Waals surface area contributed by atoms with Crippen LogP contribution in [-0.2, 0) is 23.8 Å². The Balaban J connectivity index is 2.09. The van der Waals surface area contributed by atoms with E-state index in [1.807, 2.05) is 0 Å². The second-order valence-corrected chi connectivity index (χ2v) is 3.94. The molecular formula is C10H14O5. The van der Waals surface area contributed by atoms with Gasteiger partial charge in [-0.2, -0.15) is 0 Å². The standard InChI is InChI=1S/C10H14O5/c1-13-9(11)5-3-7-8(15-7)4-6(5)10(12)14-2/h5-8H,3-4H2,1-2H3/t5?,6?,7-,8?/m0/s1. The summed E-state index contributed by atoms with van der Waals surface area (Å²) >= 11 is 0. The Morgan fingerprint density at radius 1 is 1.00 bits per heavy atom. The van der Waals surface area contributed by atoms with E-state index in [4.69, 9.17) is 4.74 Å². The van der Waals surface area contributed by atoms with E-state index < -0.39 is 11.8 Å². The van der Waals surface area contributed by atoms with Gasteiger partial charge in [0.1, 0.15) is 0 Å². The third-order valence-electron chi connectivity index (χ3n) is 3.15. The van der Waals surface area contributed by atoms with Gasteiger partial charge in [-0.1, -0.05) is 0 Å². The summed E-state index contributed by atoms with van der Waals surface area (Å²) in [6.07, 6.45) is 1.40. The first kappa shape index (κ1) is 10.4. The molecule has 5 nitrogen and oxygen atoms in total. The van der Waals surface area contributed by atoms with Crippen LogP contribution < -0.4 is 0 Å². The molecule has 15 heavy (non-hydrogen) atoms. The van der Waals surface area contributed by atoms with Gasteiger partial charge in [0.05, 0.1) is 38.3 Å². The quantitative estimate of drug-likeness (QED) is 0.482. The van der Waals surface area contributed by atoms with Gasteiger partial charge < -0.3 is 14.2 Å². The van der Waals surface area contributed by atoms with Crippen LogP contribution >= 0.6 is 0 Å². The zero-order valence-electron chi connectivity index (χ0n) is 8.76. The molecule has 1 aliphatic carbocycles. The number of hydrogen-bond acceptors (Lipinski definition) is 5. The third kappa shape index (κ3) is 1.84. The molecule has 3 unspecified atom stereocenters. The second-order valence-electron chi connectivity index (χ2n) is 3.94. The van der Waals surface area contributed by atoms with Crippen molar-refractivity contribution in [2.45, 2.75) is 25.0 Å². The molecule has 2 rings (SSSR count). The molecule has 84 valence electrons. The zero-order valence-corrected chi connectivity index (χ0v) is 8.76. The van der Waals surface area contributed by atoms with Crippen molar-refractivity contribution in [3.05, 3.63) is 0 Å². The minimum atomic E-state index is -0.411. The number of fused-ring (bicyclic) bond motifs is 1. The number of carbonyl (C=O) groups is 2. The van der Waals surface area contributed by atoms with E-state index in [-0.39, 0.29) is 24.1 Å². The van der Waals surface area contributed by atoms with Gasteiger partial charge in [0.2, 0.25) is 0 Å². The van der Waals surface area contributed by atoms with Crippen molar-refractivity contribution < 1.29 is 23.8 Å². The van der Waals surface area contributed by atoms with Crippen molar-refractivity contribution in [2.75, 3.05) is 14.2 Å². The maximum atomic E-state index is 11.5. The molecule has 2 aliphatic rings. The Kier molecular flexibility index (Phi) is 2.65. The predicted molar refractivity (Wildman–Crippen MR) is 48.9 cm³/mol. The lowest BCUT2D eigenvalue weighted by Crippen LogP contribution is -2.36. The Hall–Kier alpha value is -1.10. The lowest BCUT2D eigenvalue weighted by molar-refractivity contribution is -0.158. The Morgan fingerprint density at radius 3 is 1.73 bits per heavy atom. The van der Waals surface area contributed by atoms with E-state index in [9.17, 15) is 9.59 Å². The average molecular weight is 214 g/mol. The summed E-state index contributed by atoms with van der Waals surface area (Å²) in [7, 11) is 2.66. The molecule has 0 spiro atoms. The lowest BCUT2D eigenvalue weighted by Gasteiger charge is -2.24. The van der Waals surface area contributed by atoms with Crippen LogP contribution in [0, 0.1) is 11.8 Å². The van der Waals surface area contributed by atoms with Crippen molar-refractivity contribution >= 4 is 11.9 Å². The molecule has 1 saturated heterocycles. The molecule has 0 radical (unpaired) electrons. The van der Waals surface area contributed by atoms with Crippen molar-refractivity contribution in [1.29, 1.82) is 0 Å². The largest absolute Gasteiger partial charge is 0.469 e. The minimum Gasteiger partial charge on any atom is -0.469 e. The van der Waals surface area contributed by atoms with Crippen LogP contribution in [0.15, 0.2) is 0 Å². The van der Waals surface area contributed by atoms with Crippen LogP contribution in [0.5, 0.6) is 0 Å². The highest BCUT2D eigenvalue weighted by molar-refractivity contribution is 5.82. The first-order chi connectivity index (χ1) is 7.17. The second kappa shape index (κ2) is 3.81. The van der Waals surface area contributed by atoms with E-state index in [1.165, 1.54) is 14.2 Å². The first-order valence-electron chi connectivity index (χ1n) is 4.98. The van der Waals surface area contributed by atoms with Crippen molar-refractivity contribution in [1.82, 2.24) is 0 Å². The van der Waals surface area contributed by atoms with Crippen LogP contribution in [0.3, 0.4) is 0 Å². The summed E-state index contributed by atoms with van der Waals surface area (Å²) < 4.78 is 14.7. The molecule has 0 aromatic rings. The van der Waals surface area contributed by atoms with Gasteiger partial charge in [-0.25, -0.2) is 0 Å². The number of carbonyl (C=O) groups excluding carboxylic acids is 2. The summed E-state index contributed by atoms with van der Waals surface area (Å²) in [4.78, 5) is 23.0.